The van der Waals surface area contributed by atoms with Gasteiger partial charge in [0.2, 0.25) is 0 Å². The Kier molecular flexibility index (Phi) is 2.96. The van der Waals surface area contributed by atoms with Gasteiger partial charge < -0.3 is 4.57 Å². The van der Waals surface area contributed by atoms with Crippen molar-refractivity contribution in [2.75, 3.05) is 0 Å². The van der Waals surface area contributed by atoms with Gasteiger partial charge in [0, 0.05) is 29.8 Å². The smallest absolute Gasteiger partial charge is 0.280 e. The molecule has 0 spiro atoms. The lowest BCUT2D eigenvalue weighted by molar-refractivity contribution is 0.606. The van der Waals surface area contributed by atoms with Crippen LogP contribution in [0.2, 0.25) is 0 Å². The molecule has 0 atom stereocenters. The molecule has 0 unspecified atom stereocenters. The molecule has 1 aromatic heterocycles. The molecule has 1 heterocycles. The molecule has 0 bridgehead atoms. The number of halogens is 1. The molecular formula is C7H7ClN2O2S. The lowest BCUT2D eigenvalue weighted by atomic mass is 10.4. The van der Waals surface area contributed by atoms with E-state index < -0.39 is 9.05 Å². The van der Waals surface area contributed by atoms with Crippen LogP contribution in [0, 0.1) is 12.3 Å². The number of rotatable bonds is 3. The van der Waals surface area contributed by atoms with Gasteiger partial charge in [-0.25, -0.2) is 13.4 Å². The predicted molar refractivity (Wildman–Crippen MR) is 48.7 cm³/mol. The highest BCUT2D eigenvalue weighted by molar-refractivity contribution is 8.13. The fourth-order valence-corrected chi connectivity index (χ4v) is 1.45. The number of terminal acetylenes is 1. The van der Waals surface area contributed by atoms with E-state index in [0.29, 0.717) is 13.0 Å². The molecule has 0 aliphatic rings. The van der Waals surface area contributed by atoms with Crippen LogP contribution in [0.3, 0.4) is 0 Å². The number of imidazole rings is 1. The number of aryl methyl sites for hydroxylation is 1. The molecule has 0 saturated heterocycles. The summed E-state index contributed by atoms with van der Waals surface area (Å²) in [5.74, 6) is 2.43. The molecule has 0 N–H and O–H groups in total. The van der Waals surface area contributed by atoms with Crippen molar-refractivity contribution in [1.82, 2.24) is 9.55 Å². The second kappa shape index (κ2) is 3.81. The monoisotopic (exact) mass is 218 g/mol. The second-order valence-corrected chi connectivity index (χ2v) is 4.85. The van der Waals surface area contributed by atoms with Crippen LogP contribution in [0.5, 0.6) is 0 Å². The van der Waals surface area contributed by atoms with Gasteiger partial charge in [0.1, 0.15) is 0 Å². The van der Waals surface area contributed by atoms with Crippen LogP contribution in [0.25, 0.3) is 0 Å². The molecule has 0 fully saturated rings. The minimum Gasteiger partial charge on any atom is -0.335 e. The summed E-state index contributed by atoms with van der Waals surface area (Å²) in [6, 6.07) is 0. The zero-order valence-corrected chi connectivity index (χ0v) is 8.22. The zero-order chi connectivity index (χ0) is 9.90. The molecule has 0 radical (unpaired) electrons. The Morgan fingerprint density at radius 1 is 1.69 bits per heavy atom. The van der Waals surface area contributed by atoms with E-state index in [1.165, 1.54) is 12.5 Å². The van der Waals surface area contributed by atoms with E-state index in [0.717, 1.165) is 0 Å². The van der Waals surface area contributed by atoms with E-state index >= 15 is 0 Å². The van der Waals surface area contributed by atoms with Crippen molar-refractivity contribution in [2.45, 2.75) is 18.0 Å². The van der Waals surface area contributed by atoms with Crippen molar-refractivity contribution in [2.24, 2.45) is 0 Å². The van der Waals surface area contributed by atoms with Gasteiger partial charge in [-0.2, -0.15) is 0 Å². The molecule has 4 nitrogen and oxygen atoms in total. The van der Waals surface area contributed by atoms with Crippen molar-refractivity contribution in [1.29, 1.82) is 0 Å². The Bertz CT molecular complexity index is 430. The van der Waals surface area contributed by atoms with Gasteiger partial charge in [0.05, 0.1) is 6.33 Å². The largest absolute Gasteiger partial charge is 0.335 e. The Morgan fingerprint density at radius 3 is 2.85 bits per heavy atom. The minimum absolute atomic E-state index is 0.147. The van der Waals surface area contributed by atoms with Crippen LogP contribution in [0.4, 0.5) is 0 Å². The summed E-state index contributed by atoms with van der Waals surface area (Å²) < 4.78 is 23.1. The number of hydrogen-bond donors (Lipinski definition) is 0. The van der Waals surface area contributed by atoms with Gasteiger partial charge in [0.25, 0.3) is 9.05 Å². The summed E-state index contributed by atoms with van der Waals surface area (Å²) in [6.45, 7) is 0.538. The van der Waals surface area contributed by atoms with E-state index in [-0.39, 0.29) is 5.03 Å². The summed E-state index contributed by atoms with van der Waals surface area (Å²) >= 11 is 0. The van der Waals surface area contributed by atoms with Gasteiger partial charge in [-0.05, 0) is 0 Å². The maximum atomic E-state index is 10.8. The van der Waals surface area contributed by atoms with Crippen molar-refractivity contribution >= 4 is 19.7 Å². The molecule has 0 aromatic carbocycles. The van der Waals surface area contributed by atoms with Crippen LogP contribution in [0.15, 0.2) is 17.6 Å². The molecule has 6 heteroatoms. The molecule has 0 amide bonds. The first-order chi connectivity index (χ1) is 6.04. The molecule has 0 saturated carbocycles. The number of hydrogen-bond acceptors (Lipinski definition) is 3. The van der Waals surface area contributed by atoms with E-state index in [4.69, 9.17) is 17.1 Å². The number of nitrogens with zero attached hydrogens (tertiary/aromatic N) is 2. The SMILES string of the molecule is C#CCCn1cnc(S(=O)(=O)Cl)c1. The second-order valence-electron chi connectivity index (χ2n) is 2.34. The Morgan fingerprint density at radius 2 is 2.38 bits per heavy atom. The first-order valence-electron chi connectivity index (χ1n) is 3.44. The van der Waals surface area contributed by atoms with E-state index in [2.05, 4.69) is 10.9 Å². The first kappa shape index (κ1) is 10.1. The summed E-state index contributed by atoms with van der Waals surface area (Å²) in [5.41, 5.74) is 0. The van der Waals surface area contributed by atoms with Crippen molar-refractivity contribution in [3.8, 4) is 12.3 Å². The maximum absolute atomic E-state index is 10.8. The van der Waals surface area contributed by atoms with Crippen LogP contribution < -0.4 is 0 Å². The maximum Gasteiger partial charge on any atom is 0.280 e. The van der Waals surface area contributed by atoms with E-state index in [1.54, 1.807) is 4.57 Å². The molecule has 1 aromatic rings. The third-order valence-electron chi connectivity index (χ3n) is 1.37. The van der Waals surface area contributed by atoms with Gasteiger partial charge in [-0.1, -0.05) is 0 Å². The topological polar surface area (TPSA) is 52.0 Å². The highest BCUT2D eigenvalue weighted by Crippen LogP contribution is 2.11. The van der Waals surface area contributed by atoms with Crippen LogP contribution in [0.1, 0.15) is 6.42 Å². The normalized spacial score (nSPS) is 11.1. The summed E-state index contributed by atoms with van der Waals surface area (Å²) in [4.78, 5) is 3.61. The highest BCUT2D eigenvalue weighted by Gasteiger charge is 2.12. The quantitative estimate of drug-likeness (QED) is 0.558. The fourth-order valence-electron chi connectivity index (χ4n) is 0.781. The molecule has 70 valence electrons. The third kappa shape index (κ3) is 2.76. The van der Waals surface area contributed by atoms with Crippen molar-refractivity contribution in [3.63, 3.8) is 0 Å². The standard InChI is InChI=1S/C7H7ClN2O2S/c1-2-3-4-10-5-7(9-6-10)13(8,11)12/h1,5-6H,3-4H2. The van der Waals surface area contributed by atoms with Gasteiger partial charge in [-0.3, -0.25) is 0 Å². The Labute approximate surface area is 81.0 Å². The summed E-state index contributed by atoms with van der Waals surface area (Å²) in [6.07, 6.45) is 8.30. The lowest BCUT2D eigenvalue weighted by Crippen LogP contribution is -1.93. The van der Waals surface area contributed by atoms with Crippen LogP contribution in [-0.4, -0.2) is 18.0 Å². The van der Waals surface area contributed by atoms with Gasteiger partial charge in [-0.15, -0.1) is 12.3 Å². The molecule has 0 aliphatic heterocycles. The third-order valence-corrected chi connectivity index (χ3v) is 2.56. The Balaban J connectivity index is 2.83. The zero-order valence-electron chi connectivity index (χ0n) is 6.64. The Hall–Kier alpha value is -0.990. The first-order valence-corrected chi connectivity index (χ1v) is 5.75. The van der Waals surface area contributed by atoms with Crippen LogP contribution >= 0.6 is 10.7 Å². The van der Waals surface area contributed by atoms with Crippen molar-refractivity contribution in [3.05, 3.63) is 12.5 Å². The molecule has 1 rings (SSSR count). The summed E-state index contributed by atoms with van der Waals surface area (Å²) in [5, 5.41) is -0.147. The highest BCUT2D eigenvalue weighted by atomic mass is 35.7. The minimum atomic E-state index is -3.72. The predicted octanol–water partition coefficient (Wildman–Crippen LogP) is 0.834. The average Bonchev–Trinajstić information content (AvgIpc) is 2.47. The molecular weight excluding hydrogens is 212 g/mol. The van der Waals surface area contributed by atoms with Gasteiger partial charge in [0.15, 0.2) is 5.03 Å². The number of aromatic nitrogens is 2. The average molecular weight is 219 g/mol. The summed E-state index contributed by atoms with van der Waals surface area (Å²) in [7, 11) is 1.34. The lowest BCUT2D eigenvalue weighted by Gasteiger charge is -1.94. The van der Waals surface area contributed by atoms with E-state index in [9.17, 15) is 8.42 Å². The van der Waals surface area contributed by atoms with Crippen LogP contribution in [-0.2, 0) is 15.6 Å². The molecule has 13 heavy (non-hydrogen) atoms. The molecule has 0 aliphatic carbocycles. The van der Waals surface area contributed by atoms with E-state index in [1.807, 2.05) is 0 Å². The van der Waals surface area contributed by atoms with Crippen molar-refractivity contribution < 1.29 is 8.42 Å². The van der Waals surface area contributed by atoms with Gasteiger partial charge >= 0.3 is 0 Å². The fraction of sp³-hybridized carbons (Fsp3) is 0.286.